The zero-order valence-electron chi connectivity index (χ0n) is 9.28. The standard InChI is InChI=1S/C10H15N5/c1-4-5-7-8-9(14-13-7)10(15(2)3)12-6-11-8/h6H,4-5H2,1-3H3,(H,13,14). The van der Waals surface area contributed by atoms with Gasteiger partial charge in [0.1, 0.15) is 11.8 Å². The zero-order valence-corrected chi connectivity index (χ0v) is 9.28. The minimum absolute atomic E-state index is 0.853. The summed E-state index contributed by atoms with van der Waals surface area (Å²) >= 11 is 0. The number of hydrogen-bond acceptors (Lipinski definition) is 4. The van der Waals surface area contributed by atoms with Gasteiger partial charge < -0.3 is 4.90 Å². The van der Waals surface area contributed by atoms with Crippen molar-refractivity contribution in [3.05, 3.63) is 12.0 Å². The van der Waals surface area contributed by atoms with Gasteiger partial charge in [0.15, 0.2) is 11.3 Å². The van der Waals surface area contributed by atoms with Crippen LogP contribution in [0, 0.1) is 0 Å². The summed E-state index contributed by atoms with van der Waals surface area (Å²) in [6, 6.07) is 0. The molecule has 0 fully saturated rings. The minimum atomic E-state index is 0.853. The summed E-state index contributed by atoms with van der Waals surface area (Å²) in [7, 11) is 3.91. The van der Waals surface area contributed by atoms with Crippen LogP contribution < -0.4 is 4.90 Å². The monoisotopic (exact) mass is 205 g/mol. The van der Waals surface area contributed by atoms with Crippen molar-refractivity contribution in [1.82, 2.24) is 20.2 Å². The second-order valence-electron chi connectivity index (χ2n) is 3.74. The average molecular weight is 205 g/mol. The predicted molar refractivity (Wildman–Crippen MR) is 60.0 cm³/mol. The molecule has 0 aliphatic rings. The molecule has 2 rings (SSSR count). The third-order valence-corrected chi connectivity index (χ3v) is 2.32. The fourth-order valence-electron chi connectivity index (χ4n) is 1.62. The van der Waals surface area contributed by atoms with Crippen molar-refractivity contribution in [3.63, 3.8) is 0 Å². The highest BCUT2D eigenvalue weighted by molar-refractivity contribution is 5.86. The number of fused-ring (bicyclic) bond motifs is 1. The highest BCUT2D eigenvalue weighted by Crippen LogP contribution is 2.21. The number of nitrogens with one attached hydrogen (secondary N) is 1. The van der Waals surface area contributed by atoms with E-state index in [0.717, 1.165) is 35.4 Å². The largest absolute Gasteiger partial charge is 0.361 e. The van der Waals surface area contributed by atoms with Crippen molar-refractivity contribution in [3.8, 4) is 0 Å². The van der Waals surface area contributed by atoms with Crippen LogP contribution in [0.25, 0.3) is 11.0 Å². The van der Waals surface area contributed by atoms with Crippen LogP contribution in [0.3, 0.4) is 0 Å². The molecule has 2 heterocycles. The second-order valence-corrected chi connectivity index (χ2v) is 3.74. The molecule has 0 bridgehead atoms. The van der Waals surface area contributed by atoms with Crippen LogP contribution in [0.4, 0.5) is 5.82 Å². The Kier molecular flexibility index (Phi) is 2.53. The summed E-state index contributed by atoms with van der Waals surface area (Å²) in [5.74, 6) is 0.860. The highest BCUT2D eigenvalue weighted by atomic mass is 15.2. The van der Waals surface area contributed by atoms with Gasteiger partial charge in [-0.2, -0.15) is 5.10 Å². The Morgan fingerprint density at radius 2 is 2.07 bits per heavy atom. The third-order valence-electron chi connectivity index (χ3n) is 2.32. The van der Waals surface area contributed by atoms with E-state index < -0.39 is 0 Å². The van der Waals surface area contributed by atoms with Crippen LogP contribution >= 0.6 is 0 Å². The van der Waals surface area contributed by atoms with E-state index in [1.54, 1.807) is 6.33 Å². The molecular formula is C10H15N5. The quantitative estimate of drug-likeness (QED) is 0.822. The van der Waals surface area contributed by atoms with E-state index in [4.69, 9.17) is 0 Å². The van der Waals surface area contributed by atoms with Crippen molar-refractivity contribution in [2.24, 2.45) is 0 Å². The Bertz CT molecular complexity index is 460. The third kappa shape index (κ3) is 1.65. The average Bonchev–Trinajstić information content (AvgIpc) is 2.62. The first-order chi connectivity index (χ1) is 7.24. The van der Waals surface area contributed by atoms with Gasteiger partial charge in [-0.25, -0.2) is 9.97 Å². The molecule has 15 heavy (non-hydrogen) atoms. The number of H-pyrrole nitrogens is 1. The van der Waals surface area contributed by atoms with E-state index in [9.17, 15) is 0 Å². The Morgan fingerprint density at radius 3 is 2.73 bits per heavy atom. The van der Waals surface area contributed by atoms with Crippen LogP contribution in [-0.2, 0) is 6.42 Å². The van der Waals surface area contributed by atoms with Crippen molar-refractivity contribution in [2.75, 3.05) is 19.0 Å². The van der Waals surface area contributed by atoms with Gasteiger partial charge in [0.2, 0.25) is 0 Å². The number of aryl methyl sites for hydroxylation is 1. The van der Waals surface area contributed by atoms with Gasteiger partial charge in [-0.15, -0.1) is 0 Å². The van der Waals surface area contributed by atoms with Crippen molar-refractivity contribution in [2.45, 2.75) is 19.8 Å². The molecule has 0 saturated heterocycles. The van der Waals surface area contributed by atoms with Crippen molar-refractivity contribution in [1.29, 1.82) is 0 Å². The van der Waals surface area contributed by atoms with E-state index in [1.165, 1.54) is 0 Å². The lowest BCUT2D eigenvalue weighted by Gasteiger charge is -2.10. The summed E-state index contributed by atoms with van der Waals surface area (Å²) in [4.78, 5) is 10.4. The molecule has 2 aromatic rings. The molecule has 5 heteroatoms. The normalized spacial score (nSPS) is 10.9. The molecule has 0 spiro atoms. The first-order valence-electron chi connectivity index (χ1n) is 5.09. The maximum atomic E-state index is 4.27. The molecular weight excluding hydrogens is 190 g/mol. The first-order valence-corrected chi connectivity index (χ1v) is 5.09. The molecule has 0 radical (unpaired) electrons. The van der Waals surface area contributed by atoms with Gasteiger partial charge >= 0.3 is 0 Å². The molecule has 0 saturated carbocycles. The number of anilines is 1. The Hall–Kier alpha value is -1.65. The molecule has 0 atom stereocenters. The number of hydrogen-bond donors (Lipinski definition) is 1. The predicted octanol–water partition coefficient (Wildman–Crippen LogP) is 1.37. The summed E-state index contributed by atoms with van der Waals surface area (Å²) in [6.07, 6.45) is 3.64. The van der Waals surface area contributed by atoms with Crippen LogP contribution in [0.5, 0.6) is 0 Å². The Balaban J connectivity index is 2.58. The van der Waals surface area contributed by atoms with Crippen molar-refractivity contribution < 1.29 is 0 Å². The topological polar surface area (TPSA) is 57.7 Å². The maximum absolute atomic E-state index is 4.27. The molecule has 80 valence electrons. The van der Waals surface area contributed by atoms with E-state index in [2.05, 4.69) is 27.1 Å². The van der Waals surface area contributed by atoms with Gasteiger partial charge in [0, 0.05) is 14.1 Å². The maximum Gasteiger partial charge on any atom is 0.160 e. The first kappa shape index (κ1) is 9.89. The van der Waals surface area contributed by atoms with Crippen LogP contribution in [0.15, 0.2) is 6.33 Å². The molecule has 0 aliphatic heterocycles. The molecule has 0 aliphatic carbocycles. The molecule has 1 N–H and O–H groups in total. The Morgan fingerprint density at radius 1 is 1.27 bits per heavy atom. The Labute approximate surface area is 88.5 Å². The zero-order chi connectivity index (χ0) is 10.8. The fourth-order valence-corrected chi connectivity index (χ4v) is 1.62. The van der Waals surface area contributed by atoms with Crippen LogP contribution in [0.1, 0.15) is 19.0 Å². The van der Waals surface area contributed by atoms with Crippen molar-refractivity contribution >= 4 is 16.9 Å². The van der Waals surface area contributed by atoms with E-state index in [0.29, 0.717) is 0 Å². The summed E-state index contributed by atoms with van der Waals surface area (Å²) < 4.78 is 0. The summed E-state index contributed by atoms with van der Waals surface area (Å²) in [5.41, 5.74) is 2.89. The van der Waals surface area contributed by atoms with Gasteiger partial charge in [-0.05, 0) is 6.42 Å². The van der Waals surface area contributed by atoms with E-state index in [1.807, 2.05) is 19.0 Å². The number of nitrogens with zero attached hydrogens (tertiary/aromatic N) is 4. The second kappa shape index (κ2) is 3.84. The molecule has 0 unspecified atom stereocenters. The lowest BCUT2D eigenvalue weighted by Crippen LogP contribution is -2.11. The van der Waals surface area contributed by atoms with Gasteiger partial charge in [0.25, 0.3) is 0 Å². The van der Waals surface area contributed by atoms with E-state index in [-0.39, 0.29) is 0 Å². The van der Waals surface area contributed by atoms with E-state index >= 15 is 0 Å². The molecule has 2 aromatic heterocycles. The van der Waals surface area contributed by atoms with Gasteiger partial charge in [0.05, 0.1) is 5.69 Å². The number of aromatic nitrogens is 4. The van der Waals surface area contributed by atoms with Crippen LogP contribution in [-0.4, -0.2) is 34.3 Å². The lowest BCUT2D eigenvalue weighted by atomic mass is 10.2. The smallest absolute Gasteiger partial charge is 0.160 e. The minimum Gasteiger partial charge on any atom is -0.361 e. The van der Waals surface area contributed by atoms with Crippen LogP contribution in [0.2, 0.25) is 0 Å². The fraction of sp³-hybridized carbons (Fsp3) is 0.500. The molecule has 0 aromatic carbocycles. The summed E-state index contributed by atoms with van der Waals surface area (Å²) in [6.45, 7) is 2.14. The number of aromatic amines is 1. The lowest BCUT2D eigenvalue weighted by molar-refractivity contribution is 0.871. The van der Waals surface area contributed by atoms with Gasteiger partial charge in [-0.1, -0.05) is 13.3 Å². The molecule has 0 amide bonds. The molecule has 5 nitrogen and oxygen atoms in total. The SMILES string of the molecule is CCCc1[nH]nc2c(N(C)C)ncnc12. The highest BCUT2D eigenvalue weighted by Gasteiger charge is 2.11. The number of rotatable bonds is 3. The summed E-state index contributed by atoms with van der Waals surface area (Å²) in [5, 5.41) is 7.30. The van der Waals surface area contributed by atoms with Gasteiger partial charge in [-0.3, -0.25) is 5.10 Å².